The van der Waals surface area contributed by atoms with E-state index in [-0.39, 0.29) is 12.0 Å². The fourth-order valence-corrected chi connectivity index (χ4v) is 4.63. The Morgan fingerprint density at radius 1 is 0.966 bits per heavy atom. The number of aromatic hydroxyl groups is 1. The van der Waals surface area contributed by atoms with Gasteiger partial charge in [0.15, 0.2) is 0 Å². The van der Waals surface area contributed by atoms with Gasteiger partial charge in [-0.05, 0) is 52.3 Å². The van der Waals surface area contributed by atoms with Crippen LogP contribution in [0.1, 0.15) is 34.6 Å². The summed E-state index contributed by atoms with van der Waals surface area (Å²) in [6, 6.07) is 22.2. The van der Waals surface area contributed by atoms with E-state index in [1.165, 1.54) is 22.3 Å². The second-order valence-corrected chi connectivity index (χ2v) is 7.74. The molecular weight excluding hydrogens is 362 g/mol. The molecule has 0 saturated carbocycles. The number of phenolic OH excluding ortho intramolecular Hbond substituents is 1. The van der Waals surface area contributed by atoms with Crippen molar-refractivity contribution in [2.24, 2.45) is 0 Å². The van der Waals surface area contributed by atoms with E-state index in [0.29, 0.717) is 25.4 Å². The Labute approximate surface area is 170 Å². The minimum Gasteiger partial charge on any atom is -0.508 e. The first-order valence-corrected chi connectivity index (χ1v) is 10.1. The molecule has 4 nitrogen and oxygen atoms in total. The van der Waals surface area contributed by atoms with Gasteiger partial charge in [0.05, 0.1) is 0 Å². The molecule has 1 amide bonds. The van der Waals surface area contributed by atoms with Gasteiger partial charge in [-0.15, -0.1) is 0 Å². The summed E-state index contributed by atoms with van der Waals surface area (Å²) in [7, 11) is 0. The van der Waals surface area contributed by atoms with Gasteiger partial charge in [-0.1, -0.05) is 60.7 Å². The summed E-state index contributed by atoms with van der Waals surface area (Å²) in [5.74, 6) is 0.381. The van der Waals surface area contributed by atoms with Crippen LogP contribution in [-0.4, -0.2) is 29.3 Å². The van der Waals surface area contributed by atoms with Crippen LogP contribution < -0.4 is 0 Å². The zero-order chi connectivity index (χ0) is 19.8. The zero-order valence-electron chi connectivity index (χ0n) is 16.2. The largest absolute Gasteiger partial charge is 0.508 e. The summed E-state index contributed by atoms with van der Waals surface area (Å²) in [5, 5.41) is 10.1. The van der Waals surface area contributed by atoms with Crippen LogP contribution in [0.3, 0.4) is 0 Å². The maximum atomic E-state index is 12.9. The summed E-state index contributed by atoms with van der Waals surface area (Å²) in [4.78, 5) is 14.6. The minimum absolute atomic E-state index is 0.0645. The molecule has 0 unspecified atom stereocenters. The van der Waals surface area contributed by atoms with E-state index in [4.69, 9.17) is 4.74 Å². The molecule has 0 saturated heterocycles. The van der Waals surface area contributed by atoms with Crippen molar-refractivity contribution < 1.29 is 14.6 Å². The molecule has 0 aromatic heterocycles. The molecule has 1 N–H and O–H groups in total. The van der Waals surface area contributed by atoms with Crippen LogP contribution in [0.5, 0.6) is 5.75 Å². The molecule has 2 aliphatic rings. The van der Waals surface area contributed by atoms with Gasteiger partial charge in [-0.25, -0.2) is 4.79 Å². The average molecular weight is 385 g/mol. The highest BCUT2D eigenvalue weighted by Gasteiger charge is 2.30. The lowest BCUT2D eigenvalue weighted by Crippen LogP contribution is -2.32. The molecule has 0 spiro atoms. The van der Waals surface area contributed by atoms with Gasteiger partial charge in [0.25, 0.3) is 0 Å². The van der Waals surface area contributed by atoms with E-state index in [1.807, 2.05) is 36.4 Å². The highest BCUT2D eigenvalue weighted by Crippen LogP contribution is 2.44. The smallest absolute Gasteiger partial charge is 0.410 e. The Hall–Kier alpha value is -3.27. The number of carbonyl (C=O) groups is 1. The molecule has 146 valence electrons. The van der Waals surface area contributed by atoms with Gasteiger partial charge < -0.3 is 14.7 Å². The Balaban J connectivity index is 1.34. The quantitative estimate of drug-likeness (QED) is 0.668. The highest BCUT2D eigenvalue weighted by molar-refractivity contribution is 5.79. The maximum absolute atomic E-state index is 12.9. The minimum atomic E-state index is -0.289. The predicted molar refractivity (Wildman–Crippen MR) is 112 cm³/mol. The van der Waals surface area contributed by atoms with Gasteiger partial charge >= 0.3 is 6.09 Å². The Bertz CT molecular complexity index is 1030. The lowest BCUT2D eigenvalue weighted by molar-refractivity contribution is 0.0977. The normalized spacial score (nSPS) is 15.2. The number of benzene rings is 3. The number of rotatable bonds is 2. The molecule has 0 atom stereocenters. The third-order valence-electron chi connectivity index (χ3n) is 6.06. The van der Waals surface area contributed by atoms with Crippen LogP contribution in [-0.2, 0) is 17.7 Å². The van der Waals surface area contributed by atoms with Crippen molar-refractivity contribution >= 4 is 6.09 Å². The molecule has 1 aliphatic carbocycles. The molecule has 0 fully saturated rings. The number of fused-ring (bicyclic) bond motifs is 4. The third kappa shape index (κ3) is 3.15. The standard InChI is InChI=1S/C25H23NO3/c27-24-13-5-7-17-15-26(14-6-12-18(17)24)25(28)29-16-23-21-10-3-1-8-19(21)20-9-2-4-11-22(20)23/h1-5,7-11,13,23,27H,6,12,14-16H2. The second-order valence-electron chi connectivity index (χ2n) is 7.74. The summed E-state index contributed by atoms with van der Waals surface area (Å²) < 4.78 is 5.80. The van der Waals surface area contributed by atoms with E-state index in [2.05, 4.69) is 24.3 Å². The van der Waals surface area contributed by atoms with Crippen LogP contribution in [0, 0.1) is 0 Å². The molecule has 29 heavy (non-hydrogen) atoms. The van der Waals surface area contributed by atoms with Crippen molar-refractivity contribution in [2.45, 2.75) is 25.3 Å². The van der Waals surface area contributed by atoms with E-state index in [0.717, 1.165) is 24.0 Å². The SMILES string of the molecule is O=C(OCC1c2ccccc2-c2ccccc21)N1CCCc2c(O)cccc2C1. The van der Waals surface area contributed by atoms with Gasteiger partial charge in [0.1, 0.15) is 12.4 Å². The molecule has 3 aromatic carbocycles. The van der Waals surface area contributed by atoms with Gasteiger partial charge in [0, 0.05) is 19.0 Å². The van der Waals surface area contributed by atoms with E-state index >= 15 is 0 Å². The molecule has 3 aromatic rings. The Kier molecular flexibility index (Phi) is 4.47. The van der Waals surface area contributed by atoms with Crippen molar-refractivity contribution in [3.8, 4) is 16.9 Å². The van der Waals surface area contributed by atoms with Crippen molar-refractivity contribution in [3.63, 3.8) is 0 Å². The maximum Gasteiger partial charge on any atom is 0.410 e. The van der Waals surface area contributed by atoms with Crippen molar-refractivity contribution in [3.05, 3.63) is 89.0 Å². The zero-order valence-corrected chi connectivity index (χ0v) is 16.2. The Morgan fingerprint density at radius 2 is 1.66 bits per heavy atom. The molecule has 1 heterocycles. The van der Waals surface area contributed by atoms with E-state index < -0.39 is 0 Å². The van der Waals surface area contributed by atoms with Gasteiger partial charge in [-0.3, -0.25) is 0 Å². The topological polar surface area (TPSA) is 49.8 Å². The molecule has 0 bridgehead atoms. The second kappa shape index (κ2) is 7.28. The van der Waals surface area contributed by atoms with Crippen molar-refractivity contribution in [1.29, 1.82) is 0 Å². The molecule has 1 aliphatic heterocycles. The summed E-state index contributed by atoms with van der Waals surface area (Å²) in [5.41, 5.74) is 6.82. The van der Waals surface area contributed by atoms with Crippen molar-refractivity contribution in [2.75, 3.05) is 13.2 Å². The lowest BCUT2D eigenvalue weighted by Gasteiger charge is -2.22. The number of ether oxygens (including phenoxy) is 1. The number of hydrogen-bond donors (Lipinski definition) is 1. The van der Waals surface area contributed by atoms with Crippen LogP contribution in [0.15, 0.2) is 66.7 Å². The summed E-state index contributed by atoms with van der Waals surface area (Å²) >= 11 is 0. The van der Waals surface area contributed by atoms with Crippen LogP contribution in [0.4, 0.5) is 4.79 Å². The first-order valence-electron chi connectivity index (χ1n) is 10.1. The number of phenols is 1. The fraction of sp³-hybridized carbons (Fsp3) is 0.240. The monoisotopic (exact) mass is 385 g/mol. The lowest BCUT2D eigenvalue weighted by atomic mass is 9.98. The third-order valence-corrected chi connectivity index (χ3v) is 6.06. The predicted octanol–water partition coefficient (Wildman–Crippen LogP) is 5.09. The first-order chi connectivity index (χ1) is 14.2. The first kappa shape index (κ1) is 17.8. The number of hydrogen-bond acceptors (Lipinski definition) is 3. The Morgan fingerprint density at radius 3 is 2.38 bits per heavy atom. The van der Waals surface area contributed by atoms with E-state index in [1.54, 1.807) is 11.0 Å². The summed E-state index contributed by atoms with van der Waals surface area (Å²) in [6.07, 6.45) is 1.30. The van der Waals surface area contributed by atoms with E-state index in [9.17, 15) is 9.90 Å². The molecule has 5 rings (SSSR count). The van der Waals surface area contributed by atoms with Crippen molar-refractivity contribution in [1.82, 2.24) is 4.90 Å². The number of amides is 1. The highest BCUT2D eigenvalue weighted by atomic mass is 16.6. The summed E-state index contributed by atoms with van der Waals surface area (Å²) in [6.45, 7) is 1.43. The number of nitrogens with zero attached hydrogens (tertiary/aromatic N) is 1. The fourth-order valence-electron chi connectivity index (χ4n) is 4.63. The van der Waals surface area contributed by atoms with Crippen LogP contribution >= 0.6 is 0 Å². The molecular formula is C25H23NO3. The van der Waals surface area contributed by atoms with Gasteiger partial charge in [-0.2, -0.15) is 0 Å². The van der Waals surface area contributed by atoms with Crippen LogP contribution in [0.25, 0.3) is 11.1 Å². The molecule has 4 heteroatoms. The number of carbonyl (C=O) groups excluding carboxylic acids is 1. The molecule has 0 radical (unpaired) electrons. The van der Waals surface area contributed by atoms with Crippen LogP contribution in [0.2, 0.25) is 0 Å². The van der Waals surface area contributed by atoms with Gasteiger partial charge in [0.2, 0.25) is 0 Å². The average Bonchev–Trinajstić information content (AvgIpc) is 2.90.